The summed E-state index contributed by atoms with van der Waals surface area (Å²) in [6.45, 7) is 2.50. The van der Waals surface area contributed by atoms with Crippen LogP contribution in [0.4, 0.5) is 4.39 Å². The number of hydrogen-bond donors (Lipinski definition) is 1. The van der Waals surface area contributed by atoms with Crippen LogP contribution in [0, 0.1) is 5.82 Å². The molecule has 2 heterocycles. The van der Waals surface area contributed by atoms with Gasteiger partial charge in [0.05, 0.1) is 36.0 Å². The van der Waals surface area contributed by atoms with E-state index in [0.29, 0.717) is 24.7 Å². The molecule has 0 amide bonds. The quantitative estimate of drug-likeness (QED) is 0.693. The molecule has 152 valence electrons. The van der Waals surface area contributed by atoms with Gasteiger partial charge in [0.25, 0.3) is 0 Å². The number of nitrogens with zero attached hydrogens (tertiary/aromatic N) is 2. The lowest BCUT2D eigenvalue weighted by atomic mass is 10.1. The Balaban J connectivity index is 1.54. The van der Waals surface area contributed by atoms with Gasteiger partial charge in [0.2, 0.25) is 0 Å². The second kappa shape index (κ2) is 8.06. The molecule has 1 saturated heterocycles. The number of aromatic nitrogens is 2. The van der Waals surface area contributed by atoms with Crippen molar-refractivity contribution in [2.24, 2.45) is 0 Å². The zero-order chi connectivity index (χ0) is 20.4. The van der Waals surface area contributed by atoms with Crippen molar-refractivity contribution in [3.8, 4) is 11.3 Å². The van der Waals surface area contributed by atoms with E-state index in [9.17, 15) is 12.8 Å². The fraction of sp³-hybridized carbons (Fsp3) is 0.286. The van der Waals surface area contributed by atoms with Crippen LogP contribution in [0.15, 0.2) is 59.6 Å². The van der Waals surface area contributed by atoms with Gasteiger partial charge in [0.1, 0.15) is 11.6 Å². The van der Waals surface area contributed by atoms with E-state index in [-0.39, 0.29) is 11.9 Å². The van der Waals surface area contributed by atoms with Crippen LogP contribution in [0.2, 0.25) is 0 Å². The molecule has 1 N–H and O–H groups in total. The Morgan fingerprint density at radius 2 is 2.03 bits per heavy atom. The molecule has 0 saturated carbocycles. The smallest absolute Gasteiger partial charge is 0.175 e. The maximum atomic E-state index is 13.5. The standard InChI is InChI=1S/C21H22FN3O3S/c1-29(26,27)18-7-5-15(6-8-18)13-25-9-10-28-14-20(25)21-23-12-19(24-21)16-3-2-4-17(22)11-16/h2-8,11-12,20H,9-10,13-14H2,1H3,(H,23,24). The monoisotopic (exact) mass is 415 g/mol. The summed E-state index contributed by atoms with van der Waals surface area (Å²) in [5.74, 6) is 0.468. The van der Waals surface area contributed by atoms with Crippen molar-refractivity contribution in [3.05, 3.63) is 71.9 Å². The minimum absolute atomic E-state index is 0.0688. The third-order valence-electron chi connectivity index (χ3n) is 5.02. The van der Waals surface area contributed by atoms with Crippen LogP contribution in [0.3, 0.4) is 0 Å². The first-order chi connectivity index (χ1) is 13.9. The number of morpholine rings is 1. The molecule has 0 bridgehead atoms. The van der Waals surface area contributed by atoms with Crippen molar-refractivity contribution >= 4 is 9.84 Å². The Kier molecular flexibility index (Phi) is 5.49. The molecule has 1 unspecified atom stereocenters. The number of imidazole rings is 1. The first-order valence-corrected chi connectivity index (χ1v) is 11.2. The Bertz CT molecular complexity index is 1100. The minimum atomic E-state index is -3.21. The molecule has 0 aliphatic carbocycles. The zero-order valence-electron chi connectivity index (χ0n) is 16.0. The first kappa shape index (κ1) is 19.8. The molecule has 4 rings (SSSR count). The van der Waals surface area contributed by atoms with Crippen LogP contribution in [-0.2, 0) is 21.1 Å². The van der Waals surface area contributed by atoms with Gasteiger partial charge in [-0.3, -0.25) is 4.90 Å². The number of sulfone groups is 1. The van der Waals surface area contributed by atoms with Gasteiger partial charge in [-0.2, -0.15) is 0 Å². The number of halogens is 1. The van der Waals surface area contributed by atoms with Crippen molar-refractivity contribution in [2.45, 2.75) is 17.5 Å². The number of rotatable bonds is 5. The van der Waals surface area contributed by atoms with Gasteiger partial charge in [0, 0.05) is 24.9 Å². The van der Waals surface area contributed by atoms with Crippen LogP contribution < -0.4 is 0 Å². The summed E-state index contributed by atoms with van der Waals surface area (Å²) < 4.78 is 42.5. The number of hydrogen-bond acceptors (Lipinski definition) is 5. The van der Waals surface area contributed by atoms with Crippen molar-refractivity contribution in [1.82, 2.24) is 14.9 Å². The normalized spacial score (nSPS) is 18.1. The molecular weight excluding hydrogens is 393 g/mol. The van der Waals surface area contributed by atoms with Crippen LogP contribution in [0.1, 0.15) is 17.4 Å². The van der Waals surface area contributed by atoms with Gasteiger partial charge in [-0.25, -0.2) is 17.8 Å². The highest BCUT2D eigenvalue weighted by atomic mass is 32.2. The second-order valence-corrected chi connectivity index (χ2v) is 9.19. The number of nitrogens with one attached hydrogen (secondary N) is 1. The van der Waals surface area contributed by atoms with E-state index in [0.717, 1.165) is 29.2 Å². The molecule has 1 fully saturated rings. The van der Waals surface area contributed by atoms with Gasteiger partial charge in [0.15, 0.2) is 9.84 Å². The predicted octanol–water partition coefficient (Wildman–Crippen LogP) is 3.19. The topological polar surface area (TPSA) is 75.3 Å². The van der Waals surface area contributed by atoms with Gasteiger partial charge >= 0.3 is 0 Å². The molecule has 8 heteroatoms. The van der Waals surface area contributed by atoms with Crippen molar-refractivity contribution in [2.75, 3.05) is 26.0 Å². The SMILES string of the molecule is CS(=O)(=O)c1ccc(CN2CCOCC2c2ncc(-c3cccc(F)c3)[nH]2)cc1. The zero-order valence-corrected chi connectivity index (χ0v) is 16.8. The predicted molar refractivity (Wildman–Crippen MR) is 108 cm³/mol. The van der Waals surface area contributed by atoms with Crippen LogP contribution >= 0.6 is 0 Å². The van der Waals surface area contributed by atoms with E-state index in [4.69, 9.17) is 4.74 Å². The first-order valence-electron chi connectivity index (χ1n) is 9.32. The Morgan fingerprint density at radius 1 is 1.24 bits per heavy atom. The lowest BCUT2D eigenvalue weighted by Crippen LogP contribution is -2.39. The number of ether oxygens (including phenoxy) is 1. The van der Waals surface area contributed by atoms with Crippen LogP contribution in [-0.4, -0.2) is 49.3 Å². The molecule has 1 aliphatic heterocycles. The summed E-state index contributed by atoms with van der Waals surface area (Å²) in [5.41, 5.74) is 2.51. The van der Waals surface area contributed by atoms with Gasteiger partial charge < -0.3 is 9.72 Å². The summed E-state index contributed by atoms with van der Waals surface area (Å²) in [4.78, 5) is 10.4. The van der Waals surface area contributed by atoms with E-state index in [1.807, 2.05) is 18.2 Å². The molecule has 6 nitrogen and oxygen atoms in total. The fourth-order valence-corrected chi connectivity index (χ4v) is 4.09. The number of H-pyrrole nitrogens is 1. The van der Waals surface area contributed by atoms with Crippen molar-refractivity contribution in [1.29, 1.82) is 0 Å². The number of benzene rings is 2. The summed E-state index contributed by atoms with van der Waals surface area (Å²) in [6, 6.07) is 13.2. The van der Waals surface area contributed by atoms with Gasteiger partial charge in [-0.15, -0.1) is 0 Å². The van der Waals surface area contributed by atoms with E-state index in [2.05, 4.69) is 14.9 Å². The molecule has 1 atom stereocenters. The lowest BCUT2D eigenvalue weighted by molar-refractivity contribution is -0.0156. The van der Waals surface area contributed by atoms with E-state index in [1.165, 1.54) is 18.4 Å². The maximum absolute atomic E-state index is 13.5. The molecule has 29 heavy (non-hydrogen) atoms. The molecular formula is C21H22FN3O3S. The molecule has 0 radical (unpaired) electrons. The van der Waals surface area contributed by atoms with Crippen molar-refractivity contribution < 1.29 is 17.5 Å². The van der Waals surface area contributed by atoms with E-state index >= 15 is 0 Å². The third kappa shape index (κ3) is 4.55. The molecule has 2 aromatic carbocycles. The second-order valence-electron chi connectivity index (χ2n) is 7.17. The highest BCUT2D eigenvalue weighted by molar-refractivity contribution is 7.90. The Labute approximate surface area is 169 Å². The lowest BCUT2D eigenvalue weighted by Gasteiger charge is -2.34. The molecule has 0 spiro atoms. The average molecular weight is 415 g/mol. The van der Waals surface area contributed by atoms with E-state index in [1.54, 1.807) is 24.4 Å². The molecule has 1 aliphatic rings. The highest BCUT2D eigenvalue weighted by Crippen LogP contribution is 2.27. The average Bonchev–Trinajstić information content (AvgIpc) is 3.18. The van der Waals surface area contributed by atoms with Gasteiger partial charge in [-0.1, -0.05) is 24.3 Å². The van der Waals surface area contributed by atoms with Crippen LogP contribution in [0.25, 0.3) is 11.3 Å². The minimum Gasteiger partial charge on any atom is -0.378 e. The molecule has 3 aromatic rings. The van der Waals surface area contributed by atoms with Gasteiger partial charge in [-0.05, 0) is 29.8 Å². The summed E-state index contributed by atoms with van der Waals surface area (Å²) in [6.07, 6.45) is 2.91. The maximum Gasteiger partial charge on any atom is 0.175 e. The largest absolute Gasteiger partial charge is 0.378 e. The highest BCUT2D eigenvalue weighted by Gasteiger charge is 2.27. The molecule has 1 aromatic heterocycles. The van der Waals surface area contributed by atoms with Crippen LogP contribution in [0.5, 0.6) is 0 Å². The Morgan fingerprint density at radius 3 is 2.76 bits per heavy atom. The number of aromatic amines is 1. The summed E-state index contributed by atoms with van der Waals surface area (Å²) in [5, 5.41) is 0. The summed E-state index contributed by atoms with van der Waals surface area (Å²) in [7, 11) is -3.21. The third-order valence-corrected chi connectivity index (χ3v) is 6.15. The van der Waals surface area contributed by atoms with Crippen molar-refractivity contribution in [3.63, 3.8) is 0 Å². The summed E-state index contributed by atoms with van der Waals surface area (Å²) >= 11 is 0. The van der Waals surface area contributed by atoms with E-state index < -0.39 is 9.84 Å². The fourth-order valence-electron chi connectivity index (χ4n) is 3.46. The Hall–Kier alpha value is -2.55.